The molecule has 134 valence electrons. The Hall–Kier alpha value is -1.10. The molecule has 0 fully saturated rings. The maximum absolute atomic E-state index is 12.1. The van der Waals surface area contributed by atoms with E-state index in [9.17, 15) is 9.59 Å². The number of rotatable bonds is 12. The van der Waals surface area contributed by atoms with Crippen LogP contribution in [0.1, 0.15) is 60.3 Å². The van der Waals surface area contributed by atoms with Gasteiger partial charge in [0, 0.05) is 12.2 Å². The van der Waals surface area contributed by atoms with Gasteiger partial charge < -0.3 is 9.16 Å². The zero-order valence-corrected chi connectivity index (χ0v) is 16.5. The van der Waals surface area contributed by atoms with Crippen molar-refractivity contribution >= 4 is 20.3 Å². The fraction of sp³-hybridized carbons (Fsp3) is 0.778. The summed E-state index contributed by atoms with van der Waals surface area (Å²) in [5.74, 6) is -0.385. The quantitative estimate of drug-likeness (QED) is 0.289. The van der Waals surface area contributed by atoms with Gasteiger partial charge in [0.2, 0.25) is 0 Å². The van der Waals surface area contributed by atoms with Crippen LogP contribution < -0.4 is 0 Å². The third-order valence-electron chi connectivity index (χ3n) is 3.73. The van der Waals surface area contributed by atoms with Crippen molar-refractivity contribution < 1.29 is 18.8 Å². The minimum atomic E-state index is -2.02. The van der Waals surface area contributed by atoms with E-state index in [2.05, 4.69) is 34.6 Å². The molecule has 0 aliphatic rings. The van der Waals surface area contributed by atoms with E-state index >= 15 is 0 Å². The van der Waals surface area contributed by atoms with E-state index in [4.69, 9.17) is 9.16 Å². The highest BCUT2D eigenvalue weighted by molar-refractivity contribution is 6.75. The summed E-state index contributed by atoms with van der Waals surface area (Å²) in [6.45, 7) is 10.9. The Morgan fingerprint density at radius 2 is 1.39 bits per heavy atom. The molecule has 0 unspecified atom stereocenters. The van der Waals surface area contributed by atoms with Gasteiger partial charge in [-0.1, -0.05) is 53.9 Å². The van der Waals surface area contributed by atoms with Crippen molar-refractivity contribution in [2.75, 3.05) is 6.61 Å². The number of hydrogen-bond acceptors (Lipinski definition) is 4. The van der Waals surface area contributed by atoms with E-state index in [0.717, 1.165) is 43.8 Å². The van der Waals surface area contributed by atoms with Gasteiger partial charge in [-0.2, -0.15) is 0 Å². The summed E-state index contributed by atoms with van der Waals surface area (Å²) in [5, 5.41) is 0. The molecule has 0 spiro atoms. The van der Waals surface area contributed by atoms with E-state index in [0.29, 0.717) is 12.5 Å². The first-order valence-corrected chi connectivity index (χ1v) is 11.5. The van der Waals surface area contributed by atoms with E-state index in [1.807, 2.05) is 0 Å². The first kappa shape index (κ1) is 21.9. The third-order valence-corrected chi connectivity index (χ3v) is 8.60. The van der Waals surface area contributed by atoms with Crippen LogP contribution in [0.25, 0.3) is 0 Å². The lowest BCUT2D eigenvalue weighted by Crippen LogP contribution is -2.39. The first-order chi connectivity index (χ1) is 10.9. The normalized spacial score (nSPS) is 11.9. The lowest BCUT2D eigenvalue weighted by Gasteiger charge is -2.29. The van der Waals surface area contributed by atoms with Crippen LogP contribution in [0.5, 0.6) is 0 Å². The molecule has 0 rings (SSSR count). The molecule has 0 heterocycles. The average molecular weight is 343 g/mol. The van der Waals surface area contributed by atoms with Gasteiger partial charge in [0.1, 0.15) is 0 Å². The van der Waals surface area contributed by atoms with Crippen LogP contribution in [-0.2, 0) is 18.8 Å². The van der Waals surface area contributed by atoms with Gasteiger partial charge in [-0.3, -0.25) is 0 Å². The van der Waals surface area contributed by atoms with Crippen LogP contribution in [-0.4, -0.2) is 26.9 Å². The molecule has 0 saturated carbocycles. The Morgan fingerprint density at radius 3 is 1.83 bits per heavy atom. The predicted molar refractivity (Wildman–Crippen MR) is 96.7 cm³/mol. The lowest BCUT2D eigenvalue weighted by molar-refractivity contribution is -0.138. The molecular formula is C18H34O4Si. The maximum Gasteiger partial charge on any atom is 0.331 e. The van der Waals surface area contributed by atoms with E-state index in [1.54, 1.807) is 0 Å². The predicted octanol–water partition coefficient (Wildman–Crippen LogP) is 4.85. The smallest absolute Gasteiger partial charge is 0.331 e. The summed E-state index contributed by atoms with van der Waals surface area (Å²) in [6.07, 6.45) is 6.32. The van der Waals surface area contributed by atoms with Gasteiger partial charge >= 0.3 is 11.9 Å². The molecule has 0 aliphatic carbocycles. The number of carbonyl (C=O) groups excluding carboxylic acids is 2. The summed E-state index contributed by atoms with van der Waals surface area (Å²) in [5.41, 5.74) is 0. The van der Waals surface area contributed by atoms with Crippen molar-refractivity contribution in [1.29, 1.82) is 0 Å². The summed E-state index contributed by atoms with van der Waals surface area (Å²) >= 11 is 0. The SMILES string of the molecule is CCC[Si](CCC)(CCC)OC(=O)/C=C\C(=O)OCCC(C)C. The fourth-order valence-corrected chi connectivity index (χ4v) is 7.01. The second-order valence-electron chi connectivity index (χ2n) is 6.54. The van der Waals surface area contributed by atoms with Crippen LogP contribution in [0.15, 0.2) is 12.2 Å². The van der Waals surface area contributed by atoms with Crippen molar-refractivity contribution in [3.63, 3.8) is 0 Å². The minimum Gasteiger partial charge on any atom is -0.516 e. The maximum atomic E-state index is 12.1. The molecule has 0 aromatic heterocycles. The Morgan fingerprint density at radius 1 is 0.913 bits per heavy atom. The van der Waals surface area contributed by atoms with E-state index in [1.165, 1.54) is 12.2 Å². The Kier molecular flexibility index (Phi) is 11.7. The van der Waals surface area contributed by atoms with Crippen molar-refractivity contribution in [2.24, 2.45) is 5.92 Å². The number of ether oxygens (including phenoxy) is 1. The zero-order chi connectivity index (χ0) is 17.7. The minimum absolute atomic E-state index is 0.385. The summed E-state index contributed by atoms with van der Waals surface area (Å²) < 4.78 is 10.9. The fourth-order valence-electron chi connectivity index (χ4n) is 2.72. The van der Waals surface area contributed by atoms with Gasteiger partial charge in [0.05, 0.1) is 6.61 Å². The molecule has 0 amide bonds. The van der Waals surface area contributed by atoms with Crippen LogP contribution in [0.2, 0.25) is 18.1 Å². The molecule has 5 heteroatoms. The van der Waals surface area contributed by atoms with Gasteiger partial charge in [0.25, 0.3) is 8.32 Å². The van der Waals surface area contributed by atoms with Gasteiger partial charge in [-0.25, -0.2) is 9.59 Å². The van der Waals surface area contributed by atoms with Crippen molar-refractivity contribution in [2.45, 2.75) is 78.4 Å². The molecule has 0 saturated heterocycles. The Labute approximate surface area is 142 Å². The average Bonchev–Trinajstić information content (AvgIpc) is 2.45. The van der Waals surface area contributed by atoms with Crippen LogP contribution >= 0.6 is 0 Å². The van der Waals surface area contributed by atoms with Crippen LogP contribution in [0.4, 0.5) is 0 Å². The number of carbonyl (C=O) groups is 2. The highest BCUT2D eigenvalue weighted by atomic mass is 28.4. The molecule has 23 heavy (non-hydrogen) atoms. The molecule has 4 nitrogen and oxygen atoms in total. The number of hydrogen-bond donors (Lipinski definition) is 0. The van der Waals surface area contributed by atoms with E-state index < -0.39 is 20.3 Å². The largest absolute Gasteiger partial charge is 0.516 e. The summed E-state index contributed by atoms with van der Waals surface area (Å²) in [6, 6.07) is 2.98. The second-order valence-corrected chi connectivity index (χ2v) is 10.6. The number of esters is 1. The summed E-state index contributed by atoms with van der Waals surface area (Å²) in [7, 11) is -2.02. The molecule has 0 aliphatic heterocycles. The van der Waals surface area contributed by atoms with Crippen molar-refractivity contribution in [1.82, 2.24) is 0 Å². The lowest BCUT2D eigenvalue weighted by atomic mass is 10.1. The van der Waals surface area contributed by atoms with Gasteiger partial charge in [0.15, 0.2) is 0 Å². The second kappa shape index (κ2) is 12.3. The molecule has 0 atom stereocenters. The first-order valence-electron chi connectivity index (χ1n) is 8.96. The standard InChI is InChI=1S/C18H34O4Si/c1-6-13-23(14-7-2,15-8-3)22-18(20)10-9-17(19)21-12-11-16(4)5/h9-10,16H,6-8,11-15H2,1-5H3/b10-9-. The molecular weight excluding hydrogens is 308 g/mol. The topological polar surface area (TPSA) is 52.6 Å². The highest BCUT2D eigenvalue weighted by Gasteiger charge is 2.35. The molecule has 0 bridgehead atoms. The van der Waals surface area contributed by atoms with Crippen molar-refractivity contribution in [3.05, 3.63) is 12.2 Å². The van der Waals surface area contributed by atoms with Gasteiger partial charge in [-0.05, 0) is 30.5 Å². The monoisotopic (exact) mass is 342 g/mol. The van der Waals surface area contributed by atoms with Crippen LogP contribution in [0, 0.1) is 5.92 Å². The molecule has 0 aromatic carbocycles. The van der Waals surface area contributed by atoms with E-state index in [-0.39, 0.29) is 0 Å². The molecule has 0 N–H and O–H groups in total. The van der Waals surface area contributed by atoms with Crippen molar-refractivity contribution in [3.8, 4) is 0 Å². The molecule has 0 radical (unpaired) electrons. The van der Waals surface area contributed by atoms with Gasteiger partial charge in [-0.15, -0.1) is 0 Å². The zero-order valence-electron chi connectivity index (χ0n) is 15.5. The van der Waals surface area contributed by atoms with Crippen LogP contribution in [0.3, 0.4) is 0 Å². The third kappa shape index (κ3) is 10.3. The summed E-state index contributed by atoms with van der Waals surface area (Å²) in [4.78, 5) is 23.7. The Balaban J connectivity index is 4.55. The highest BCUT2D eigenvalue weighted by Crippen LogP contribution is 2.27. The Bertz CT molecular complexity index is 360. The molecule has 0 aromatic rings.